The lowest BCUT2D eigenvalue weighted by Crippen LogP contribution is -2.54. The number of carbonyl (C=O) groups is 5. The number of hydrogen-bond acceptors (Lipinski definition) is 9. The van der Waals surface area contributed by atoms with Gasteiger partial charge in [-0.3, -0.25) is 39.6 Å². The minimum atomic E-state index is -1.02. The number of aliphatic hydroxyl groups excluding tert-OH is 1. The number of nitrogens with zero attached hydrogens (tertiary/aromatic N) is 4. The van der Waals surface area contributed by atoms with Gasteiger partial charge in [-0.2, -0.15) is 0 Å². The molecule has 4 aromatic carbocycles. The van der Waals surface area contributed by atoms with Gasteiger partial charge in [0, 0.05) is 48.9 Å². The Morgan fingerprint density at radius 1 is 0.766 bits per heavy atom. The molecular formula is C50H50N8O6. The van der Waals surface area contributed by atoms with Crippen molar-refractivity contribution in [3.05, 3.63) is 137 Å². The quantitative estimate of drug-likeness (QED) is 0.0599. The smallest absolute Gasteiger partial charge is 0.264 e. The molecular weight excluding hydrogens is 809 g/mol. The SMILES string of the molecule is N=c1c2c(-c3ccccc3)c(-c3ccccc3)n(Cc3ccc(C(=O)NCCCCCNc4cccc5c4C(=O)N(C4CCC(=O)NC4=O)C5=O)cc3)c2ncn1C1CCC(O)CC1. The summed E-state index contributed by atoms with van der Waals surface area (Å²) in [6, 6.07) is 32.0. The van der Waals surface area contributed by atoms with E-state index in [1.165, 1.54) is 0 Å². The van der Waals surface area contributed by atoms with Crippen LogP contribution in [0, 0.1) is 5.41 Å². The normalized spacial score (nSPS) is 18.6. The summed E-state index contributed by atoms with van der Waals surface area (Å²) in [6.07, 6.45) is 6.91. The average molecular weight is 859 g/mol. The van der Waals surface area contributed by atoms with Gasteiger partial charge >= 0.3 is 0 Å². The molecule has 6 aromatic rings. The van der Waals surface area contributed by atoms with Crippen molar-refractivity contribution < 1.29 is 29.1 Å². The van der Waals surface area contributed by atoms with Gasteiger partial charge in [-0.15, -0.1) is 0 Å². The second-order valence-corrected chi connectivity index (χ2v) is 16.8. The highest BCUT2D eigenvalue weighted by Crippen LogP contribution is 2.40. The Hall–Kier alpha value is -7.19. The number of aromatic nitrogens is 3. The molecule has 4 heterocycles. The summed E-state index contributed by atoms with van der Waals surface area (Å²) in [5.41, 5.74) is 7.52. The molecule has 3 aliphatic rings. The molecule has 1 aliphatic carbocycles. The highest BCUT2D eigenvalue weighted by Gasteiger charge is 2.45. The predicted octanol–water partition coefficient (Wildman–Crippen LogP) is 6.59. The Morgan fingerprint density at radius 3 is 2.19 bits per heavy atom. The van der Waals surface area contributed by atoms with E-state index in [2.05, 4.69) is 44.8 Å². The van der Waals surface area contributed by atoms with Crippen LogP contribution in [0.3, 0.4) is 0 Å². The zero-order valence-corrected chi connectivity index (χ0v) is 35.4. The number of benzene rings is 4. The van der Waals surface area contributed by atoms with E-state index in [-0.39, 0.29) is 42.0 Å². The molecule has 1 saturated heterocycles. The molecule has 9 rings (SSSR count). The van der Waals surface area contributed by atoms with Crippen LogP contribution >= 0.6 is 0 Å². The molecule has 2 aromatic heterocycles. The number of hydrogen-bond donors (Lipinski definition) is 5. The van der Waals surface area contributed by atoms with E-state index in [9.17, 15) is 34.5 Å². The third-order valence-electron chi connectivity index (χ3n) is 12.7. The van der Waals surface area contributed by atoms with Crippen molar-refractivity contribution in [1.82, 2.24) is 29.7 Å². The molecule has 14 nitrogen and oxygen atoms in total. The van der Waals surface area contributed by atoms with Gasteiger partial charge in [-0.25, -0.2) is 4.98 Å². The number of piperidine rings is 1. The molecule has 1 atom stereocenters. The summed E-state index contributed by atoms with van der Waals surface area (Å²) < 4.78 is 4.16. The van der Waals surface area contributed by atoms with Crippen LogP contribution in [0.15, 0.2) is 109 Å². The second-order valence-electron chi connectivity index (χ2n) is 16.8. The first-order valence-corrected chi connectivity index (χ1v) is 22.1. The van der Waals surface area contributed by atoms with E-state index in [1.807, 2.05) is 65.2 Å². The maximum Gasteiger partial charge on any atom is 0.264 e. The lowest BCUT2D eigenvalue weighted by atomic mass is 9.93. The van der Waals surface area contributed by atoms with Gasteiger partial charge in [0.2, 0.25) is 11.8 Å². The van der Waals surface area contributed by atoms with E-state index in [0.717, 1.165) is 70.3 Å². The fraction of sp³-hybridized carbons (Fsp3) is 0.300. The zero-order chi connectivity index (χ0) is 44.3. The van der Waals surface area contributed by atoms with E-state index >= 15 is 0 Å². The molecule has 64 heavy (non-hydrogen) atoms. The number of anilines is 1. The van der Waals surface area contributed by atoms with Crippen molar-refractivity contribution >= 4 is 46.3 Å². The van der Waals surface area contributed by atoms with Crippen molar-refractivity contribution in [2.75, 3.05) is 18.4 Å². The van der Waals surface area contributed by atoms with Crippen molar-refractivity contribution in [3.8, 4) is 22.4 Å². The average Bonchev–Trinajstić information content (AvgIpc) is 3.77. The standard InChI is InChI=1S/C50H50N8O6/c51-45-43-41(32-11-4-1-5-12-32)44(33-13-6-2-7-14-33)56(46(43)54-30-57(45)35-21-23-36(59)24-22-35)29-31-17-19-34(20-18-31)47(61)53-28-9-3-8-27-52-38-16-10-15-37-42(38)50(64)58(49(37)63)39-25-26-40(60)55-48(39)62/h1-2,4-7,10-20,30,35-36,39,51-52,59H,3,8-9,21-29H2,(H,53,61)(H,55,60,62). The van der Waals surface area contributed by atoms with Crippen LogP contribution in [0.4, 0.5) is 5.69 Å². The number of rotatable bonds is 14. The third kappa shape index (κ3) is 8.24. The number of unbranched alkanes of at least 4 members (excludes halogenated alkanes) is 2. The van der Waals surface area contributed by atoms with Crippen LogP contribution in [0.5, 0.6) is 0 Å². The maximum absolute atomic E-state index is 13.4. The first-order valence-electron chi connectivity index (χ1n) is 22.1. The van der Waals surface area contributed by atoms with Crippen LogP contribution < -0.4 is 21.4 Å². The van der Waals surface area contributed by atoms with Gasteiger partial charge in [-0.05, 0) is 92.3 Å². The van der Waals surface area contributed by atoms with E-state index in [1.54, 1.807) is 24.5 Å². The van der Waals surface area contributed by atoms with Crippen LogP contribution in [0.25, 0.3) is 33.4 Å². The Morgan fingerprint density at radius 2 is 1.47 bits per heavy atom. The first kappa shape index (κ1) is 42.1. The molecule has 14 heteroatoms. The predicted molar refractivity (Wildman–Crippen MR) is 241 cm³/mol. The number of nitrogens with one attached hydrogen (secondary N) is 4. The van der Waals surface area contributed by atoms with Gasteiger partial charge < -0.3 is 24.9 Å². The third-order valence-corrected chi connectivity index (χ3v) is 12.7. The molecule has 1 saturated carbocycles. The molecule has 5 amide bonds. The molecule has 326 valence electrons. The van der Waals surface area contributed by atoms with Crippen LogP contribution in [-0.2, 0) is 16.1 Å². The van der Waals surface area contributed by atoms with Gasteiger partial charge in [0.05, 0.1) is 34.6 Å². The fourth-order valence-electron chi connectivity index (χ4n) is 9.38. The Bertz CT molecular complexity index is 2810. The van der Waals surface area contributed by atoms with E-state index in [0.29, 0.717) is 54.9 Å². The van der Waals surface area contributed by atoms with Crippen LogP contribution in [0.2, 0.25) is 0 Å². The maximum atomic E-state index is 13.4. The minimum absolute atomic E-state index is 0.0591. The summed E-state index contributed by atoms with van der Waals surface area (Å²) in [5, 5.41) is 29.1. The van der Waals surface area contributed by atoms with Gasteiger partial charge in [0.25, 0.3) is 17.7 Å². The number of carbonyl (C=O) groups excluding carboxylic acids is 5. The number of fused-ring (bicyclic) bond motifs is 2. The molecule has 1 unspecified atom stereocenters. The highest BCUT2D eigenvalue weighted by molar-refractivity contribution is 6.25. The molecule has 5 N–H and O–H groups in total. The molecule has 0 bridgehead atoms. The number of imide groups is 2. The Balaban J connectivity index is 0.845. The minimum Gasteiger partial charge on any atom is -0.393 e. The lowest BCUT2D eigenvalue weighted by Gasteiger charge is -2.27. The Labute approximate surface area is 369 Å². The Kier molecular flexibility index (Phi) is 12.0. The number of aliphatic hydroxyl groups is 1. The highest BCUT2D eigenvalue weighted by atomic mass is 16.3. The fourth-order valence-corrected chi connectivity index (χ4v) is 9.38. The summed E-state index contributed by atoms with van der Waals surface area (Å²) >= 11 is 0. The van der Waals surface area contributed by atoms with Crippen molar-refractivity contribution in [1.29, 1.82) is 5.41 Å². The van der Waals surface area contributed by atoms with Crippen molar-refractivity contribution in [3.63, 3.8) is 0 Å². The zero-order valence-electron chi connectivity index (χ0n) is 35.4. The van der Waals surface area contributed by atoms with E-state index in [4.69, 9.17) is 4.98 Å². The van der Waals surface area contributed by atoms with E-state index < -0.39 is 29.7 Å². The molecule has 0 radical (unpaired) electrons. The number of amides is 5. The van der Waals surface area contributed by atoms with Crippen LogP contribution in [-0.4, -0.2) is 78.9 Å². The van der Waals surface area contributed by atoms with Gasteiger partial charge in [0.1, 0.15) is 17.2 Å². The summed E-state index contributed by atoms with van der Waals surface area (Å²) in [5.74, 6) is -2.32. The van der Waals surface area contributed by atoms with Gasteiger partial charge in [0.15, 0.2) is 0 Å². The second kappa shape index (κ2) is 18.3. The molecule has 2 aliphatic heterocycles. The topological polar surface area (TPSA) is 192 Å². The van der Waals surface area contributed by atoms with Crippen LogP contribution in [0.1, 0.15) is 100 Å². The molecule has 0 spiro atoms. The first-order chi connectivity index (χ1) is 31.2. The summed E-state index contributed by atoms with van der Waals surface area (Å²) in [7, 11) is 0. The lowest BCUT2D eigenvalue weighted by molar-refractivity contribution is -0.136. The molecule has 2 fully saturated rings. The van der Waals surface area contributed by atoms with Gasteiger partial charge in [-0.1, -0.05) is 78.9 Å². The summed E-state index contributed by atoms with van der Waals surface area (Å²) in [4.78, 5) is 69.9. The largest absolute Gasteiger partial charge is 0.393 e. The summed E-state index contributed by atoms with van der Waals surface area (Å²) in [6.45, 7) is 1.48. The monoisotopic (exact) mass is 858 g/mol. The van der Waals surface area contributed by atoms with Crippen molar-refractivity contribution in [2.24, 2.45) is 0 Å². The van der Waals surface area contributed by atoms with Crippen molar-refractivity contribution in [2.45, 2.75) is 82.5 Å².